The highest BCUT2D eigenvalue weighted by Gasteiger charge is 2.26. The first-order valence-corrected chi connectivity index (χ1v) is 5.14. The number of rotatable bonds is 3. The zero-order chi connectivity index (χ0) is 8.86. The number of hydrogen-bond donors (Lipinski definition) is 2. The van der Waals surface area contributed by atoms with Gasteiger partial charge in [0.05, 0.1) is 5.60 Å². The minimum Gasteiger partial charge on any atom is -0.390 e. The quantitative estimate of drug-likeness (QED) is 0.633. The Bertz CT molecular complexity index is 117. The Morgan fingerprint density at radius 1 is 1.17 bits per heavy atom. The first-order chi connectivity index (χ1) is 5.77. The van der Waals surface area contributed by atoms with Gasteiger partial charge in [0.15, 0.2) is 0 Å². The molecule has 2 nitrogen and oxygen atoms in total. The van der Waals surface area contributed by atoms with E-state index in [1.54, 1.807) is 0 Å². The Morgan fingerprint density at radius 3 is 2.25 bits per heavy atom. The molecule has 1 aliphatic rings. The van der Waals surface area contributed by atoms with Crippen molar-refractivity contribution in [3.63, 3.8) is 0 Å². The van der Waals surface area contributed by atoms with Crippen LogP contribution in [0.15, 0.2) is 0 Å². The van der Waals surface area contributed by atoms with Gasteiger partial charge in [-0.1, -0.05) is 25.7 Å². The number of hydrogen-bond acceptors (Lipinski definition) is 2. The summed E-state index contributed by atoms with van der Waals surface area (Å²) in [5.74, 6) is 0. The van der Waals surface area contributed by atoms with Crippen LogP contribution in [0.1, 0.15) is 44.9 Å². The van der Waals surface area contributed by atoms with Crippen molar-refractivity contribution >= 4 is 0 Å². The molecule has 0 aromatic rings. The summed E-state index contributed by atoms with van der Waals surface area (Å²) in [4.78, 5) is 0. The van der Waals surface area contributed by atoms with Gasteiger partial charge in [-0.25, -0.2) is 0 Å². The summed E-state index contributed by atoms with van der Waals surface area (Å²) in [6.45, 7) is 0.941. The zero-order valence-corrected chi connectivity index (χ0v) is 8.10. The van der Waals surface area contributed by atoms with Crippen LogP contribution >= 0.6 is 0 Å². The molecule has 0 aromatic heterocycles. The van der Waals surface area contributed by atoms with E-state index in [4.69, 9.17) is 0 Å². The van der Waals surface area contributed by atoms with E-state index < -0.39 is 0 Å². The topological polar surface area (TPSA) is 32.3 Å². The van der Waals surface area contributed by atoms with Crippen molar-refractivity contribution in [2.24, 2.45) is 0 Å². The molecule has 0 amide bonds. The molecule has 1 aliphatic carbocycles. The van der Waals surface area contributed by atoms with E-state index in [0.717, 1.165) is 25.8 Å². The Labute approximate surface area is 75.4 Å². The molecular formula is C10H21NO. The summed E-state index contributed by atoms with van der Waals surface area (Å²) in [5.41, 5.74) is -0.348. The van der Waals surface area contributed by atoms with Crippen LogP contribution in [0.25, 0.3) is 0 Å². The van der Waals surface area contributed by atoms with Crippen LogP contribution in [0.5, 0.6) is 0 Å². The lowest BCUT2D eigenvalue weighted by Gasteiger charge is -2.26. The van der Waals surface area contributed by atoms with E-state index in [9.17, 15) is 5.11 Å². The van der Waals surface area contributed by atoms with Gasteiger partial charge in [-0.05, 0) is 32.9 Å². The minimum atomic E-state index is -0.348. The fourth-order valence-electron chi connectivity index (χ4n) is 1.99. The van der Waals surface area contributed by atoms with Crippen LogP contribution in [0.2, 0.25) is 0 Å². The second kappa shape index (κ2) is 4.83. The minimum absolute atomic E-state index is 0.348. The molecule has 0 unspecified atom stereocenters. The second-order valence-corrected chi connectivity index (χ2v) is 3.99. The van der Waals surface area contributed by atoms with Crippen LogP contribution in [-0.4, -0.2) is 24.3 Å². The number of aliphatic hydroxyl groups is 1. The Hall–Kier alpha value is -0.0800. The average molecular weight is 171 g/mol. The summed E-state index contributed by atoms with van der Waals surface area (Å²) < 4.78 is 0. The van der Waals surface area contributed by atoms with Gasteiger partial charge >= 0.3 is 0 Å². The Morgan fingerprint density at radius 2 is 1.75 bits per heavy atom. The number of nitrogens with one attached hydrogen (secondary N) is 1. The molecule has 0 atom stereocenters. The lowest BCUT2D eigenvalue weighted by Crippen LogP contribution is -2.31. The third-order valence-electron chi connectivity index (χ3n) is 2.87. The molecule has 2 heteroatoms. The van der Waals surface area contributed by atoms with Gasteiger partial charge in [-0.2, -0.15) is 0 Å². The molecule has 0 heterocycles. The molecule has 0 bridgehead atoms. The first-order valence-electron chi connectivity index (χ1n) is 5.14. The predicted octanol–water partition coefficient (Wildman–Crippen LogP) is 1.68. The van der Waals surface area contributed by atoms with Crippen LogP contribution in [0.3, 0.4) is 0 Å². The molecule has 0 spiro atoms. The van der Waals surface area contributed by atoms with E-state index >= 15 is 0 Å². The molecule has 0 aliphatic heterocycles. The van der Waals surface area contributed by atoms with Crippen molar-refractivity contribution < 1.29 is 5.11 Å². The summed E-state index contributed by atoms with van der Waals surface area (Å²) in [7, 11) is 1.94. The Balaban J connectivity index is 2.32. The second-order valence-electron chi connectivity index (χ2n) is 3.99. The van der Waals surface area contributed by atoms with Gasteiger partial charge in [-0.3, -0.25) is 0 Å². The van der Waals surface area contributed by atoms with Crippen molar-refractivity contribution in [2.75, 3.05) is 13.6 Å². The van der Waals surface area contributed by atoms with Gasteiger partial charge in [-0.15, -0.1) is 0 Å². The van der Waals surface area contributed by atoms with E-state index in [1.165, 1.54) is 25.7 Å². The maximum atomic E-state index is 10.1. The first kappa shape index (κ1) is 10.0. The van der Waals surface area contributed by atoms with E-state index in [0.29, 0.717) is 0 Å². The highest BCUT2D eigenvalue weighted by Crippen LogP contribution is 2.29. The summed E-state index contributed by atoms with van der Waals surface area (Å²) >= 11 is 0. The van der Waals surface area contributed by atoms with Gasteiger partial charge in [0, 0.05) is 0 Å². The van der Waals surface area contributed by atoms with Crippen LogP contribution in [-0.2, 0) is 0 Å². The molecule has 1 fully saturated rings. The molecule has 72 valence electrons. The SMILES string of the molecule is CNCCC1(O)CCCCCC1. The standard InChI is InChI=1S/C10H21NO/c1-11-9-8-10(12)6-4-2-3-5-7-10/h11-12H,2-9H2,1H3. The lowest BCUT2D eigenvalue weighted by atomic mass is 9.91. The molecule has 2 N–H and O–H groups in total. The molecule has 0 radical (unpaired) electrons. The maximum Gasteiger partial charge on any atom is 0.0659 e. The Kier molecular flexibility index (Phi) is 4.02. The summed E-state index contributed by atoms with van der Waals surface area (Å²) in [5, 5.41) is 13.2. The molecule has 1 saturated carbocycles. The van der Waals surface area contributed by atoms with E-state index in [1.807, 2.05) is 7.05 Å². The van der Waals surface area contributed by atoms with Crippen molar-refractivity contribution in [2.45, 2.75) is 50.5 Å². The van der Waals surface area contributed by atoms with Gasteiger partial charge in [0.25, 0.3) is 0 Å². The molecule has 1 rings (SSSR count). The molecule has 0 aromatic carbocycles. The van der Waals surface area contributed by atoms with E-state index in [2.05, 4.69) is 5.32 Å². The lowest BCUT2D eigenvalue weighted by molar-refractivity contribution is 0.0173. The highest BCUT2D eigenvalue weighted by molar-refractivity contribution is 4.81. The summed E-state index contributed by atoms with van der Waals surface area (Å²) in [6, 6.07) is 0. The maximum absolute atomic E-state index is 10.1. The van der Waals surface area contributed by atoms with Crippen molar-refractivity contribution in [3.05, 3.63) is 0 Å². The predicted molar refractivity (Wildman–Crippen MR) is 51.2 cm³/mol. The van der Waals surface area contributed by atoms with E-state index in [-0.39, 0.29) is 5.60 Å². The van der Waals surface area contributed by atoms with Crippen molar-refractivity contribution in [1.82, 2.24) is 5.32 Å². The van der Waals surface area contributed by atoms with Crippen LogP contribution < -0.4 is 5.32 Å². The third-order valence-corrected chi connectivity index (χ3v) is 2.87. The normalized spacial score (nSPS) is 23.5. The molecule has 0 saturated heterocycles. The zero-order valence-electron chi connectivity index (χ0n) is 8.10. The van der Waals surface area contributed by atoms with Crippen molar-refractivity contribution in [3.8, 4) is 0 Å². The third kappa shape index (κ3) is 3.11. The molecular weight excluding hydrogens is 150 g/mol. The largest absolute Gasteiger partial charge is 0.390 e. The van der Waals surface area contributed by atoms with Gasteiger partial charge < -0.3 is 10.4 Å². The smallest absolute Gasteiger partial charge is 0.0659 e. The van der Waals surface area contributed by atoms with Crippen LogP contribution in [0.4, 0.5) is 0 Å². The fourth-order valence-corrected chi connectivity index (χ4v) is 1.99. The van der Waals surface area contributed by atoms with Crippen LogP contribution in [0, 0.1) is 0 Å². The van der Waals surface area contributed by atoms with Crippen molar-refractivity contribution in [1.29, 1.82) is 0 Å². The highest BCUT2D eigenvalue weighted by atomic mass is 16.3. The van der Waals surface area contributed by atoms with Gasteiger partial charge in [0.2, 0.25) is 0 Å². The molecule has 12 heavy (non-hydrogen) atoms. The average Bonchev–Trinajstić information content (AvgIpc) is 2.27. The fraction of sp³-hybridized carbons (Fsp3) is 1.00. The monoisotopic (exact) mass is 171 g/mol. The van der Waals surface area contributed by atoms with Gasteiger partial charge in [0.1, 0.15) is 0 Å². The summed E-state index contributed by atoms with van der Waals surface area (Å²) in [6.07, 6.45) is 7.97.